The molecule has 0 aliphatic rings. The van der Waals surface area contributed by atoms with Gasteiger partial charge in [0.1, 0.15) is 0 Å². The van der Waals surface area contributed by atoms with Gasteiger partial charge in [-0.2, -0.15) is 4.98 Å². The summed E-state index contributed by atoms with van der Waals surface area (Å²) in [5, 5.41) is 6.90. The van der Waals surface area contributed by atoms with Gasteiger partial charge < -0.3 is 14.7 Å². The number of para-hydroxylation sites is 1. The maximum absolute atomic E-state index is 12.6. The lowest BCUT2D eigenvalue weighted by Gasteiger charge is -2.18. The van der Waals surface area contributed by atoms with E-state index in [2.05, 4.69) is 25.4 Å². The van der Waals surface area contributed by atoms with Gasteiger partial charge >= 0.3 is 0 Å². The first kappa shape index (κ1) is 16.6. The monoisotopic (exact) mass is 338 g/mol. The predicted octanol–water partition coefficient (Wildman–Crippen LogP) is 2.57. The SMILES string of the molecule is CCN(Cc1noc(C)n1)C(=O)c1cnc(Nc2ccccc2)nc1. The minimum Gasteiger partial charge on any atom is -0.340 e. The molecule has 8 nitrogen and oxygen atoms in total. The molecule has 1 amide bonds. The molecule has 0 spiro atoms. The van der Waals surface area contributed by atoms with E-state index in [0.717, 1.165) is 5.69 Å². The number of aryl methyl sites for hydroxylation is 1. The molecule has 0 saturated carbocycles. The number of carbonyl (C=O) groups excluding carboxylic acids is 1. The fourth-order valence-corrected chi connectivity index (χ4v) is 2.24. The second-order valence-corrected chi connectivity index (χ2v) is 5.34. The first-order valence-electron chi connectivity index (χ1n) is 7.88. The van der Waals surface area contributed by atoms with Crippen LogP contribution in [0.25, 0.3) is 0 Å². The summed E-state index contributed by atoms with van der Waals surface area (Å²) in [6.07, 6.45) is 3.01. The highest BCUT2D eigenvalue weighted by Crippen LogP contribution is 2.13. The summed E-state index contributed by atoms with van der Waals surface area (Å²) in [7, 11) is 0. The van der Waals surface area contributed by atoms with Crippen LogP contribution in [0.15, 0.2) is 47.2 Å². The summed E-state index contributed by atoms with van der Waals surface area (Å²) in [4.78, 5) is 26.7. The Bertz CT molecular complexity index is 832. The van der Waals surface area contributed by atoms with Crippen molar-refractivity contribution in [1.82, 2.24) is 25.0 Å². The topological polar surface area (TPSA) is 97.0 Å². The zero-order chi connectivity index (χ0) is 17.6. The van der Waals surface area contributed by atoms with Gasteiger partial charge in [-0.25, -0.2) is 9.97 Å². The van der Waals surface area contributed by atoms with Gasteiger partial charge in [0.25, 0.3) is 5.91 Å². The Morgan fingerprint density at radius 1 is 1.20 bits per heavy atom. The average Bonchev–Trinajstić information content (AvgIpc) is 3.05. The molecular weight excluding hydrogens is 320 g/mol. The number of benzene rings is 1. The van der Waals surface area contributed by atoms with E-state index in [0.29, 0.717) is 29.8 Å². The van der Waals surface area contributed by atoms with E-state index in [-0.39, 0.29) is 12.5 Å². The zero-order valence-corrected chi connectivity index (χ0v) is 14.0. The Balaban J connectivity index is 1.68. The van der Waals surface area contributed by atoms with E-state index in [1.54, 1.807) is 11.8 Å². The van der Waals surface area contributed by atoms with Crippen molar-refractivity contribution in [3.05, 3.63) is 60.0 Å². The van der Waals surface area contributed by atoms with E-state index in [1.807, 2.05) is 37.3 Å². The molecule has 0 aliphatic heterocycles. The molecule has 0 fully saturated rings. The molecule has 2 heterocycles. The largest absolute Gasteiger partial charge is 0.340 e. The van der Waals surface area contributed by atoms with E-state index >= 15 is 0 Å². The number of amides is 1. The number of carbonyl (C=O) groups is 1. The lowest BCUT2D eigenvalue weighted by molar-refractivity contribution is 0.0746. The highest BCUT2D eigenvalue weighted by Gasteiger charge is 2.18. The fraction of sp³-hybridized carbons (Fsp3) is 0.235. The van der Waals surface area contributed by atoms with Gasteiger partial charge in [0, 0.05) is 31.5 Å². The fourth-order valence-electron chi connectivity index (χ4n) is 2.24. The van der Waals surface area contributed by atoms with Crippen molar-refractivity contribution in [2.75, 3.05) is 11.9 Å². The van der Waals surface area contributed by atoms with Crippen LogP contribution in [0.5, 0.6) is 0 Å². The summed E-state index contributed by atoms with van der Waals surface area (Å²) in [6, 6.07) is 9.58. The minimum atomic E-state index is -0.184. The smallest absolute Gasteiger partial charge is 0.257 e. The molecule has 0 unspecified atom stereocenters. The number of nitrogens with one attached hydrogen (secondary N) is 1. The van der Waals surface area contributed by atoms with E-state index < -0.39 is 0 Å². The van der Waals surface area contributed by atoms with Crippen molar-refractivity contribution in [3.8, 4) is 0 Å². The molecule has 3 rings (SSSR count). The van der Waals surface area contributed by atoms with E-state index in [4.69, 9.17) is 4.52 Å². The quantitative estimate of drug-likeness (QED) is 0.737. The van der Waals surface area contributed by atoms with Crippen molar-refractivity contribution in [2.24, 2.45) is 0 Å². The molecular formula is C17H18N6O2. The van der Waals surface area contributed by atoms with E-state index in [1.165, 1.54) is 12.4 Å². The second-order valence-electron chi connectivity index (χ2n) is 5.34. The number of anilines is 2. The molecule has 0 atom stereocenters. The standard InChI is InChI=1S/C17H18N6O2/c1-3-23(11-15-20-12(2)25-22-15)16(24)13-9-18-17(19-10-13)21-14-7-5-4-6-8-14/h4-10H,3,11H2,1-2H3,(H,18,19,21). The molecule has 8 heteroatoms. The van der Waals surface area contributed by atoms with Gasteiger partial charge in [-0.3, -0.25) is 4.79 Å². The van der Waals surface area contributed by atoms with Gasteiger partial charge in [0.05, 0.1) is 12.1 Å². The average molecular weight is 338 g/mol. The maximum Gasteiger partial charge on any atom is 0.257 e. The van der Waals surface area contributed by atoms with Crippen molar-refractivity contribution in [1.29, 1.82) is 0 Å². The van der Waals surface area contributed by atoms with Gasteiger partial charge in [-0.05, 0) is 19.1 Å². The third-order valence-corrected chi connectivity index (χ3v) is 3.50. The summed E-state index contributed by atoms with van der Waals surface area (Å²) >= 11 is 0. The number of rotatable bonds is 6. The van der Waals surface area contributed by atoms with Crippen molar-refractivity contribution in [3.63, 3.8) is 0 Å². The Hall–Kier alpha value is -3.29. The molecule has 1 aromatic carbocycles. The lowest BCUT2D eigenvalue weighted by atomic mass is 10.3. The lowest BCUT2D eigenvalue weighted by Crippen LogP contribution is -2.31. The van der Waals surface area contributed by atoms with Crippen LogP contribution in [-0.4, -0.2) is 37.5 Å². The summed E-state index contributed by atoms with van der Waals surface area (Å²) < 4.78 is 4.94. The van der Waals surface area contributed by atoms with Crippen molar-refractivity contribution >= 4 is 17.5 Å². The second kappa shape index (κ2) is 7.52. The van der Waals surface area contributed by atoms with Crippen molar-refractivity contribution < 1.29 is 9.32 Å². The highest BCUT2D eigenvalue weighted by molar-refractivity contribution is 5.93. The molecule has 3 aromatic rings. The van der Waals surface area contributed by atoms with Crippen LogP contribution in [0.3, 0.4) is 0 Å². The van der Waals surface area contributed by atoms with Gasteiger partial charge in [0.2, 0.25) is 11.8 Å². The minimum absolute atomic E-state index is 0.184. The maximum atomic E-state index is 12.6. The van der Waals surface area contributed by atoms with Gasteiger partial charge in [-0.15, -0.1) is 0 Å². The van der Waals surface area contributed by atoms with Crippen LogP contribution in [0.4, 0.5) is 11.6 Å². The van der Waals surface area contributed by atoms with Crippen LogP contribution in [0.2, 0.25) is 0 Å². The number of hydrogen-bond acceptors (Lipinski definition) is 7. The summed E-state index contributed by atoms with van der Waals surface area (Å²) in [6.45, 7) is 4.38. The summed E-state index contributed by atoms with van der Waals surface area (Å²) in [5.41, 5.74) is 1.28. The predicted molar refractivity (Wildman–Crippen MR) is 91.2 cm³/mol. The normalized spacial score (nSPS) is 10.5. The third-order valence-electron chi connectivity index (χ3n) is 3.50. The third kappa shape index (κ3) is 4.17. The molecule has 128 valence electrons. The highest BCUT2D eigenvalue weighted by atomic mass is 16.5. The molecule has 0 aliphatic carbocycles. The Morgan fingerprint density at radius 2 is 1.92 bits per heavy atom. The Labute approximate surface area is 144 Å². The molecule has 1 N–H and O–H groups in total. The van der Waals surface area contributed by atoms with E-state index in [9.17, 15) is 4.79 Å². The van der Waals surface area contributed by atoms with Crippen LogP contribution in [-0.2, 0) is 6.54 Å². The van der Waals surface area contributed by atoms with Crippen molar-refractivity contribution in [2.45, 2.75) is 20.4 Å². The van der Waals surface area contributed by atoms with Gasteiger partial charge in [-0.1, -0.05) is 23.4 Å². The van der Waals surface area contributed by atoms with Gasteiger partial charge in [0.15, 0.2) is 5.82 Å². The molecule has 2 aromatic heterocycles. The number of aromatic nitrogens is 4. The van der Waals surface area contributed by atoms with Crippen LogP contribution in [0.1, 0.15) is 29.0 Å². The summed E-state index contributed by atoms with van der Waals surface area (Å²) in [5.74, 6) is 1.19. The number of nitrogens with zero attached hydrogens (tertiary/aromatic N) is 5. The molecule has 25 heavy (non-hydrogen) atoms. The molecule has 0 saturated heterocycles. The Morgan fingerprint density at radius 3 is 2.52 bits per heavy atom. The zero-order valence-electron chi connectivity index (χ0n) is 14.0. The first-order chi connectivity index (χ1) is 12.2. The molecule has 0 bridgehead atoms. The van der Waals surface area contributed by atoms with Crippen LogP contribution < -0.4 is 5.32 Å². The number of hydrogen-bond donors (Lipinski definition) is 1. The molecule has 0 radical (unpaired) electrons. The Kier molecular flexibility index (Phi) is 4.98. The first-order valence-corrected chi connectivity index (χ1v) is 7.88. The van der Waals surface area contributed by atoms with Crippen LogP contribution >= 0.6 is 0 Å². The van der Waals surface area contributed by atoms with Crippen LogP contribution in [0, 0.1) is 6.92 Å².